The van der Waals surface area contributed by atoms with Crippen LogP contribution in [0.25, 0.3) is 5.69 Å². The molecule has 4 heterocycles. The van der Waals surface area contributed by atoms with Crippen molar-refractivity contribution in [3.05, 3.63) is 63.8 Å². The number of hydrogen-bond acceptors (Lipinski definition) is 6. The van der Waals surface area contributed by atoms with Gasteiger partial charge in [-0.1, -0.05) is 11.6 Å². The molecule has 2 aromatic heterocycles. The van der Waals surface area contributed by atoms with Crippen LogP contribution in [0.15, 0.2) is 30.3 Å². The number of aryl methyl sites for hydroxylation is 1. The number of aromatic nitrogens is 4. The van der Waals surface area contributed by atoms with Gasteiger partial charge < -0.3 is 4.90 Å². The third-order valence-electron chi connectivity index (χ3n) is 7.49. The van der Waals surface area contributed by atoms with E-state index >= 15 is 0 Å². The summed E-state index contributed by atoms with van der Waals surface area (Å²) in [5, 5.41) is 18.4. The topological polar surface area (TPSA) is 73.9 Å². The molecule has 1 aromatic carbocycles. The fourth-order valence-corrected chi connectivity index (χ4v) is 6.11. The fourth-order valence-electron chi connectivity index (χ4n) is 5.91. The van der Waals surface area contributed by atoms with Gasteiger partial charge in [-0.2, -0.15) is 18.4 Å². The fraction of sp³-hybridized carbons (Fsp3) is 0.440. The van der Waals surface area contributed by atoms with E-state index in [2.05, 4.69) is 26.2 Å². The van der Waals surface area contributed by atoms with Crippen LogP contribution in [-0.2, 0) is 13.1 Å². The molecule has 3 aliphatic rings. The summed E-state index contributed by atoms with van der Waals surface area (Å²) in [6, 6.07) is 11.2. The Morgan fingerprint density at radius 3 is 2.61 bits per heavy atom. The van der Waals surface area contributed by atoms with Gasteiger partial charge in [-0.25, -0.2) is 4.98 Å². The number of nitrogens with zero attached hydrogens (tertiary/aromatic N) is 7. The highest BCUT2D eigenvalue weighted by molar-refractivity contribution is 6.30. The number of hydrogen-bond donors (Lipinski definition) is 0. The molecule has 11 heteroatoms. The number of rotatable bonds is 3. The van der Waals surface area contributed by atoms with Crippen molar-refractivity contribution < 1.29 is 13.2 Å². The molecule has 2 aliphatic heterocycles. The molecule has 3 aromatic rings. The maximum absolute atomic E-state index is 13.2. The molecule has 2 fully saturated rings. The second-order valence-electron chi connectivity index (χ2n) is 10.2. The Morgan fingerprint density at radius 1 is 1.14 bits per heavy atom. The maximum Gasteiger partial charge on any atom is 0.401 e. The monoisotopic (exact) mass is 513 g/mol. The van der Waals surface area contributed by atoms with Gasteiger partial charge in [-0.3, -0.25) is 9.47 Å². The zero-order valence-electron chi connectivity index (χ0n) is 19.6. The molecule has 0 N–H and O–H groups in total. The van der Waals surface area contributed by atoms with Crippen LogP contribution < -0.4 is 4.90 Å². The van der Waals surface area contributed by atoms with Gasteiger partial charge in [0, 0.05) is 36.0 Å². The van der Waals surface area contributed by atoms with Crippen molar-refractivity contribution >= 4 is 17.4 Å². The average molecular weight is 514 g/mol. The van der Waals surface area contributed by atoms with Crippen LogP contribution >= 0.6 is 11.6 Å². The number of alkyl halides is 3. The van der Waals surface area contributed by atoms with Crippen molar-refractivity contribution in [2.45, 2.75) is 44.9 Å². The quantitative estimate of drug-likeness (QED) is 0.503. The number of fused-ring (bicyclic) bond motifs is 3. The normalized spacial score (nSPS) is 19.2. The summed E-state index contributed by atoms with van der Waals surface area (Å²) in [5.74, 6) is 2.39. The third-order valence-corrected chi connectivity index (χ3v) is 7.73. The van der Waals surface area contributed by atoms with Crippen molar-refractivity contribution in [3.8, 4) is 11.8 Å². The van der Waals surface area contributed by atoms with Crippen LogP contribution in [0.4, 0.5) is 19.0 Å². The summed E-state index contributed by atoms with van der Waals surface area (Å²) in [6.45, 7) is 2.79. The van der Waals surface area contributed by atoms with Gasteiger partial charge in [-0.15, -0.1) is 10.2 Å². The maximum atomic E-state index is 13.2. The van der Waals surface area contributed by atoms with Crippen LogP contribution in [0.3, 0.4) is 0 Å². The van der Waals surface area contributed by atoms with Crippen LogP contribution in [-0.4, -0.2) is 50.5 Å². The highest BCUT2D eigenvalue weighted by Crippen LogP contribution is 2.56. The molecule has 7 nitrogen and oxygen atoms in total. The summed E-state index contributed by atoms with van der Waals surface area (Å²) in [6.07, 6.45) is -2.44. The van der Waals surface area contributed by atoms with Gasteiger partial charge in [-0.05, 0) is 55.7 Å². The summed E-state index contributed by atoms with van der Waals surface area (Å²) in [7, 11) is 0. The SMILES string of the molecule is Cc1nc(N2CC3(CC(c4nnc5n4-c4ccc(Cl)cc4CN(CC(F)(F)F)C5)C3)C2)ccc1C#N. The van der Waals surface area contributed by atoms with E-state index in [9.17, 15) is 13.2 Å². The number of pyridine rings is 1. The van der Waals surface area contributed by atoms with E-state index in [0.717, 1.165) is 54.5 Å². The Hall–Kier alpha value is -3.16. The molecule has 1 aliphatic carbocycles. The van der Waals surface area contributed by atoms with Crippen LogP contribution in [0.1, 0.15) is 47.2 Å². The van der Waals surface area contributed by atoms with E-state index in [1.54, 1.807) is 12.1 Å². The van der Waals surface area contributed by atoms with E-state index in [0.29, 0.717) is 16.4 Å². The minimum absolute atomic E-state index is 0.0637. The van der Waals surface area contributed by atoms with Gasteiger partial charge in [0.15, 0.2) is 5.82 Å². The lowest BCUT2D eigenvalue weighted by molar-refractivity contribution is -0.148. The van der Waals surface area contributed by atoms with Crippen LogP contribution in [0.5, 0.6) is 0 Å². The van der Waals surface area contributed by atoms with Crippen LogP contribution in [0.2, 0.25) is 5.02 Å². The lowest BCUT2D eigenvalue weighted by atomic mass is 9.57. The molecule has 0 atom stereocenters. The predicted octanol–water partition coefficient (Wildman–Crippen LogP) is 4.76. The van der Waals surface area contributed by atoms with E-state index in [1.807, 2.05) is 29.7 Å². The Kier molecular flexibility index (Phi) is 5.28. The van der Waals surface area contributed by atoms with Crippen molar-refractivity contribution in [2.24, 2.45) is 5.41 Å². The Labute approximate surface area is 211 Å². The van der Waals surface area contributed by atoms with Gasteiger partial charge in [0.1, 0.15) is 17.7 Å². The third kappa shape index (κ3) is 4.00. The number of nitriles is 1. The molecule has 6 rings (SSSR count). The summed E-state index contributed by atoms with van der Waals surface area (Å²) >= 11 is 6.20. The number of benzene rings is 1. The Bertz CT molecular complexity index is 1380. The predicted molar refractivity (Wildman–Crippen MR) is 127 cm³/mol. The lowest BCUT2D eigenvalue weighted by Crippen LogP contribution is -2.62. The lowest BCUT2D eigenvalue weighted by Gasteiger charge is -2.59. The van der Waals surface area contributed by atoms with Gasteiger partial charge in [0.25, 0.3) is 0 Å². The molecule has 0 amide bonds. The molecule has 1 spiro atoms. The molecule has 36 heavy (non-hydrogen) atoms. The first kappa shape index (κ1) is 23.3. The Morgan fingerprint density at radius 2 is 1.92 bits per heavy atom. The van der Waals surface area contributed by atoms with Crippen molar-refractivity contribution in [2.75, 3.05) is 24.5 Å². The average Bonchev–Trinajstić information content (AvgIpc) is 3.07. The van der Waals surface area contributed by atoms with E-state index in [-0.39, 0.29) is 24.4 Å². The first-order chi connectivity index (χ1) is 17.1. The summed E-state index contributed by atoms with van der Waals surface area (Å²) in [4.78, 5) is 8.13. The first-order valence-electron chi connectivity index (χ1n) is 11.8. The van der Waals surface area contributed by atoms with Crippen molar-refractivity contribution in [1.29, 1.82) is 5.26 Å². The highest BCUT2D eigenvalue weighted by atomic mass is 35.5. The van der Waals surface area contributed by atoms with Crippen LogP contribution in [0, 0.1) is 23.7 Å². The first-order valence-corrected chi connectivity index (χ1v) is 12.2. The second kappa shape index (κ2) is 8.18. The van der Waals surface area contributed by atoms with E-state index in [4.69, 9.17) is 16.9 Å². The summed E-state index contributed by atoms with van der Waals surface area (Å²) < 4.78 is 41.6. The molecule has 0 bridgehead atoms. The number of anilines is 1. The summed E-state index contributed by atoms with van der Waals surface area (Å²) in [5.41, 5.74) is 3.02. The van der Waals surface area contributed by atoms with Gasteiger partial charge in [0.05, 0.1) is 30.0 Å². The standard InChI is InChI=1S/C25H23ClF3N7/c1-15-16(9-30)2-5-21(31-15)35-12-24(13-35)7-18(8-24)23-33-32-22-11-34(14-25(27,28)29)10-17-6-19(26)3-4-20(17)36(22)23/h2-6,18H,7-8,10-14H2,1H3. The van der Waals surface area contributed by atoms with Gasteiger partial charge >= 0.3 is 6.18 Å². The van der Waals surface area contributed by atoms with Gasteiger partial charge in [0.2, 0.25) is 0 Å². The smallest absolute Gasteiger partial charge is 0.355 e. The van der Waals surface area contributed by atoms with E-state index in [1.165, 1.54) is 4.90 Å². The molecular formula is C25H23ClF3N7. The zero-order chi connectivity index (χ0) is 25.2. The molecular weight excluding hydrogens is 491 g/mol. The van der Waals surface area contributed by atoms with Crippen molar-refractivity contribution in [3.63, 3.8) is 0 Å². The largest absolute Gasteiger partial charge is 0.401 e. The Balaban J connectivity index is 1.22. The molecule has 1 saturated carbocycles. The molecule has 0 radical (unpaired) electrons. The second-order valence-corrected chi connectivity index (χ2v) is 10.7. The molecule has 0 unspecified atom stereocenters. The molecule has 186 valence electrons. The molecule has 1 saturated heterocycles. The minimum atomic E-state index is -4.31. The van der Waals surface area contributed by atoms with E-state index < -0.39 is 12.7 Å². The zero-order valence-corrected chi connectivity index (χ0v) is 20.3. The number of halogens is 4. The van der Waals surface area contributed by atoms with Crippen molar-refractivity contribution in [1.82, 2.24) is 24.6 Å². The highest BCUT2D eigenvalue weighted by Gasteiger charge is 2.54. The minimum Gasteiger partial charge on any atom is -0.355 e.